The van der Waals surface area contributed by atoms with Gasteiger partial charge in [0.1, 0.15) is 10.8 Å². The van der Waals surface area contributed by atoms with Crippen LogP contribution in [0.1, 0.15) is 16.5 Å². The molecule has 2 aromatic carbocycles. The van der Waals surface area contributed by atoms with Crippen LogP contribution in [0.4, 0.5) is 0 Å². The molecule has 0 spiro atoms. The van der Waals surface area contributed by atoms with Crippen molar-refractivity contribution >= 4 is 11.3 Å². The zero-order chi connectivity index (χ0) is 18.2. The van der Waals surface area contributed by atoms with E-state index in [2.05, 4.69) is 57.0 Å². The molecule has 1 aromatic heterocycles. The molecule has 0 saturated carbocycles. The number of hydrogen-bond donors (Lipinski definition) is 1. The van der Waals surface area contributed by atoms with Gasteiger partial charge in [0.25, 0.3) is 0 Å². The molecule has 27 heavy (non-hydrogen) atoms. The largest absolute Gasteiger partial charge is 0.496 e. The Bertz CT molecular complexity index is 898. The van der Waals surface area contributed by atoms with E-state index in [1.165, 1.54) is 16.1 Å². The average molecular weight is 378 g/mol. The number of thiazole rings is 1. The number of ether oxygens (including phenoxy) is 1. The number of hydrogen-bond acceptors (Lipinski definition) is 5. The van der Waals surface area contributed by atoms with Crippen molar-refractivity contribution in [3.63, 3.8) is 0 Å². The smallest absolute Gasteiger partial charge is 0.126 e. The fraction of sp³-hybridized carbons (Fsp3) is 0.318. The summed E-state index contributed by atoms with van der Waals surface area (Å²) in [5.74, 6) is 1.53. The van der Waals surface area contributed by atoms with E-state index < -0.39 is 0 Å². The first kappa shape index (κ1) is 16.9. The summed E-state index contributed by atoms with van der Waals surface area (Å²) in [5, 5.41) is 6.86. The van der Waals surface area contributed by atoms with Crippen molar-refractivity contribution in [1.29, 1.82) is 0 Å². The summed E-state index contributed by atoms with van der Waals surface area (Å²) in [6.07, 6.45) is 1.90. The van der Waals surface area contributed by atoms with E-state index in [1.54, 1.807) is 18.4 Å². The van der Waals surface area contributed by atoms with Crippen LogP contribution >= 0.6 is 11.3 Å². The summed E-state index contributed by atoms with van der Waals surface area (Å²) >= 11 is 1.75. The molecule has 2 fully saturated rings. The highest BCUT2D eigenvalue weighted by molar-refractivity contribution is 7.09. The molecule has 138 valence electrons. The maximum absolute atomic E-state index is 5.51. The van der Waals surface area contributed by atoms with Crippen LogP contribution in [0.25, 0.3) is 11.1 Å². The number of nitrogens with one attached hydrogen (secondary N) is 1. The van der Waals surface area contributed by atoms with E-state index in [4.69, 9.17) is 4.74 Å². The first-order valence-electron chi connectivity index (χ1n) is 9.43. The van der Waals surface area contributed by atoms with Crippen molar-refractivity contribution in [3.8, 4) is 16.9 Å². The van der Waals surface area contributed by atoms with Gasteiger partial charge in [-0.2, -0.15) is 0 Å². The van der Waals surface area contributed by atoms with E-state index in [1.807, 2.05) is 18.3 Å². The molecule has 1 unspecified atom stereocenters. The molecular weight excluding hydrogens is 354 g/mol. The molecular formula is C22H23N3OS. The molecule has 3 aromatic rings. The van der Waals surface area contributed by atoms with Gasteiger partial charge in [0.05, 0.1) is 13.7 Å². The van der Waals surface area contributed by atoms with Crippen molar-refractivity contribution in [1.82, 2.24) is 15.2 Å². The van der Waals surface area contributed by atoms with Gasteiger partial charge in [0.2, 0.25) is 0 Å². The summed E-state index contributed by atoms with van der Waals surface area (Å²) in [6.45, 7) is 3.09. The van der Waals surface area contributed by atoms with E-state index in [-0.39, 0.29) is 0 Å². The quantitative estimate of drug-likeness (QED) is 0.735. The van der Waals surface area contributed by atoms with E-state index >= 15 is 0 Å². The fourth-order valence-electron chi connectivity index (χ4n) is 4.62. The van der Waals surface area contributed by atoms with Crippen molar-refractivity contribution < 1.29 is 4.74 Å². The molecule has 2 aliphatic heterocycles. The van der Waals surface area contributed by atoms with Gasteiger partial charge < -0.3 is 10.1 Å². The second kappa shape index (κ2) is 7.08. The topological polar surface area (TPSA) is 37.4 Å². The maximum atomic E-state index is 5.51. The maximum Gasteiger partial charge on any atom is 0.126 e. The Morgan fingerprint density at radius 2 is 1.89 bits per heavy atom. The van der Waals surface area contributed by atoms with Crippen LogP contribution in [0.15, 0.2) is 60.1 Å². The zero-order valence-electron chi connectivity index (χ0n) is 15.3. The van der Waals surface area contributed by atoms with Gasteiger partial charge in [-0.3, -0.25) is 4.90 Å². The van der Waals surface area contributed by atoms with Crippen molar-refractivity contribution in [2.75, 3.05) is 20.2 Å². The van der Waals surface area contributed by atoms with Crippen molar-refractivity contribution in [2.45, 2.75) is 24.5 Å². The Morgan fingerprint density at radius 3 is 2.59 bits per heavy atom. The molecule has 2 bridgehead atoms. The third-order valence-electron chi connectivity index (χ3n) is 5.90. The van der Waals surface area contributed by atoms with Gasteiger partial charge in [0.15, 0.2) is 0 Å². The van der Waals surface area contributed by atoms with Crippen LogP contribution in [-0.2, 0) is 6.54 Å². The summed E-state index contributed by atoms with van der Waals surface area (Å²) in [7, 11) is 1.73. The molecule has 3 atom stereocenters. The summed E-state index contributed by atoms with van der Waals surface area (Å²) in [4.78, 5) is 7.09. The first-order valence-corrected chi connectivity index (χ1v) is 10.3. The Labute approximate surface area is 163 Å². The third-order valence-corrected chi connectivity index (χ3v) is 6.67. The lowest BCUT2D eigenvalue weighted by Crippen LogP contribution is -2.72. The van der Waals surface area contributed by atoms with Crippen LogP contribution in [-0.4, -0.2) is 42.2 Å². The van der Waals surface area contributed by atoms with E-state index in [0.717, 1.165) is 30.9 Å². The number of methoxy groups -OCH3 is 1. The Balaban J connectivity index is 1.36. The highest BCUT2D eigenvalue weighted by atomic mass is 32.1. The van der Waals surface area contributed by atoms with E-state index in [9.17, 15) is 0 Å². The molecule has 2 aliphatic rings. The highest BCUT2D eigenvalue weighted by Crippen LogP contribution is 2.44. The van der Waals surface area contributed by atoms with Crippen LogP contribution in [0.2, 0.25) is 0 Å². The normalized spacial score (nSPS) is 24.4. The molecule has 5 heteroatoms. The van der Waals surface area contributed by atoms with Gasteiger partial charge in [-0.05, 0) is 17.2 Å². The van der Waals surface area contributed by atoms with Gasteiger partial charge in [0, 0.05) is 48.2 Å². The highest BCUT2D eigenvalue weighted by Gasteiger charge is 2.51. The monoisotopic (exact) mass is 377 g/mol. The number of benzene rings is 2. The number of piperidine rings is 1. The number of aromatic nitrogens is 1. The summed E-state index contributed by atoms with van der Waals surface area (Å²) < 4.78 is 5.51. The Kier molecular flexibility index (Phi) is 4.44. The first-order chi connectivity index (χ1) is 13.3. The van der Waals surface area contributed by atoms with E-state index in [0.29, 0.717) is 18.0 Å². The lowest BCUT2D eigenvalue weighted by Gasteiger charge is -2.59. The number of likely N-dealkylation sites (tertiary alicyclic amines) is 1. The predicted octanol–water partition coefficient (Wildman–Crippen LogP) is 3.76. The summed E-state index contributed by atoms with van der Waals surface area (Å²) in [6, 6.07) is 18.4. The molecule has 0 radical (unpaired) electrons. The minimum absolute atomic E-state index is 0.560. The Morgan fingerprint density at radius 1 is 1.11 bits per heavy atom. The number of rotatable bonds is 5. The molecule has 5 rings (SSSR count). The summed E-state index contributed by atoms with van der Waals surface area (Å²) in [5.41, 5.74) is 3.80. The lowest BCUT2D eigenvalue weighted by atomic mass is 9.72. The second-order valence-electron chi connectivity index (χ2n) is 7.24. The van der Waals surface area contributed by atoms with Crippen LogP contribution < -0.4 is 10.1 Å². The molecule has 3 heterocycles. The molecule has 1 N–H and O–H groups in total. The zero-order valence-corrected chi connectivity index (χ0v) is 16.2. The average Bonchev–Trinajstić information content (AvgIpc) is 3.25. The number of para-hydroxylation sites is 1. The van der Waals surface area contributed by atoms with Crippen molar-refractivity contribution in [3.05, 3.63) is 70.7 Å². The van der Waals surface area contributed by atoms with Crippen molar-refractivity contribution in [2.24, 2.45) is 0 Å². The lowest BCUT2D eigenvalue weighted by molar-refractivity contribution is -0.0483. The van der Waals surface area contributed by atoms with Gasteiger partial charge in [-0.15, -0.1) is 11.3 Å². The molecule has 2 saturated heterocycles. The molecule has 0 aliphatic carbocycles. The van der Waals surface area contributed by atoms with Crippen LogP contribution in [0.5, 0.6) is 5.75 Å². The van der Waals surface area contributed by atoms with Crippen LogP contribution in [0, 0.1) is 0 Å². The molecule has 4 nitrogen and oxygen atoms in total. The minimum Gasteiger partial charge on any atom is -0.496 e. The number of fused-ring (bicyclic) bond motifs is 2. The predicted molar refractivity (Wildman–Crippen MR) is 109 cm³/mol. The van der Waals surface area contributed by atoms with Crippen LogP contribution in [0.3, 0.4) is 0 Å². The number of piperazine rings is 1. The second-order valence-corrected chi connectivity index (χ2v) is 8.22. The third kappa shape index (κ3) is 2.96. The van der Waals surface area contributed by atoms with Gasteiger partial charge >= 0.3 is 0 Å². The minimum atomic E-state index is 0.560. The fourth-order valence-corrected chi connectivity index (χ4v) is 5.24. The van der Waals surface area contributed by atoms with Gasteiger partial charge in [-0.25, -0.2) is 4.98 Å². The number of nitrogens with zero attached hydrogens (tertiary/aromatic N) is 2. The molecule has 0 amide bonds. The Hall–Kier alpha value is -2.21. The SMILES string of the molecule is COc1ccccc1-c1ccc(C2[C@H]3CNC[C@@H]2N3Cc2nccs2)cc1. The van der Waals surface area contributed by atoms with Gasteiger partial charge in [-0.1, -0.05) is 42.5 Å². The standard InChI is InChI=1S/C22H23N3OS/c1-26-20-5-3-2-4-17(20)15-6-8-16(9-7-15)22-18-12-23-13-19(22)25(18)14-21-24-10-11-27-21/h2-11,18-19,22-23H,12-14H2,1H3/t18-,19+,22?.